The van der Waals surface area contributed by atoms with Gasteiger partial charge in [0, 0.05) is 32.2 Å². The second-order valence-corrected chi connectivity index (χ2v) is 9.55. The molecule has 1 fully saturated rings. The first-order chi connectivity index (χ1) is 14.3. The first-order valence-corrected chi connectivity index (χ1v) is 11.0. The molecule has 1 heterocycles. The van der Waals surface area contributed by atoms with Crippen molar-refractivity contribution in [3.8, 4) is 0 Å². The summed E-state index contributed by atoms with van der Waals surface area (Å²) in [5, 5.41) is 10.7. The molecule has 0 atom stereocenters. The summed E-state index contributed by atoms with van der Waals surface area (Å²) in [4.78, 5) is 12.1. The molecule has 2 aromatic carbocycles. The summed E-state index contributed by atoms with van der Waals surface area (Å²) < 4.78 is 66.5. The van der Waals surface area contributed by atoms with E-state index >= 15 is 0 Å². The molecule has 7 nitrogen and oxygen atoms in total. The maximum atomic E-state index is 13.1. The van der Waals surface area contributed by atoms with Crippen LogP contribution in [-0.4, -0.2) is 43.8 Å². The Hall–Kier alpha value is -2.37. The van der Waals surface area contributed by atoms with Crippen LogP contribution in [0.2, 0.25) is 5.02 Å². The lowest BCUT2D eigenvalue weighted by Crippen LogP contribution is -2.49. The van der Waals surface area contributed by atoms with Gasteiger partial charge in [-0.15, -0.1) is 0 Å². The molecule has 1 saturated heterocycles. The van der Waals surface area contributed by atoms with Crippen molar-refractivity contribution in [1.82, 2.24) is 4.31 Å². The molecule has 31 heavy (non-hydrogen) atoms. The standard InChI is InChI=1S/C19H19ClF3N3O4S/c1-12-3-4-18(13(2)9-12)31(29,30)25-7-5-24(6-8-25)16-11-15(20)14(19(21,22)23)10-17(16)26(27)28/h3-4,9-11H,5-8H2,1-2H3. The largest absolute Gasteiger partial charge is 0.418 e. The molecule has 1 aliphatic rings. The van der Waals surface area contributed by atoms with Gasteiger partial charge in [0.2, 0.25) is 10.0 Å². The predicted molar refractivity (Wildman–Crippen MR) is 110 cm³/mol. The zero-order valence-electron chi connectivity index (χ0n) is 16.6. The zero-order valence-corrected chi connectivity index (χ0v) is 18.2. The van der Waals surface area contributed by atoms with Gasteiger partial charge in [0.05, 0.1) is 20.4 Å². The fourth-order valence-electron chi connectivity index (χ4n) is 3.57. The first-order valence-electron chi connectivity index (χ1n) is 9.20. The van der Waals surface area contributed by atoms with Crippen LogP contribution in [0.4, 0.5) is 24.5 Å². The average Bonchev–Trinajstić information content (AvgIpc) is 2.66. The molecule has 0 amide bonds. The topological polar surface area (TPSA) is 83.8 Å². The minimum absolute atomic E-state index is 0.0193. The smallest absolute Gasteiger partial charge is 0.363 e. The fraction of sp³-hybridized carbons (Fsp3) is 0.368. The summed E-state index contributed by atoms with van der Waals surface area (Å²) in [6.45, 7) is 3.71. The Morgan fingerprint density at radius 3 is 2.19 bits per heavy atom. The number of piperazine rings is 1. The SMILES string of the molecule is Cc1ccc(S(=O)(=O)N2CCN(c3cc(Cl)c(C(F)(F)F)cc3[N+](=O)[O-])CC2)c(C)c1. The molecule has 0 spiro atoms. The maximum absolute atomic E-state index is 13.1. The molecule has 12 heteroatoms. The number of nitro benzene ring substituents is 1. The Kier molecular flexibility index (Phi) is 6.23. The van der Waals surface area contributed by atoms with Crippen molar-refractivity contribution in [3.63, 3.8) is 0 Å². The van der Waals surface area contributed by atoms with E-state index in [0.29, 0.717) is 11.6 Å². The van der Waals surface area contributed by atoms with E-state index in [1.165, 1.54) is 15.3 Å². The van der Waals surface area contributed by atoms with Gasteiger partial charge in [0.1, 0.15) is 5.69 Å². The van der Waals surface area contributed by atoms with Gasteiger partial charge in [0.25, 0.3) is 5.69 Å². The summed E-state index contributed by atoms with van der Waals surface area (Å²) in [7, 11) is -3.78. The molecule has 3 rings (SSSR count). The first kappa shape index (κ1) is 23.3. The van der Waals surface area contributed by atoms with E-state index in [0.717, 1.165) is 11.6 Å². The molecule has 0 bridgehead atoms. The number of sulfonamides is 1. The van der Waals surface area contributed by atoms with Gasteiger partial charge in [-0.2, -0.15) is 17.5 Å². The van der Waals surface area contributed by atoms with Crippen molar-refractivity contribution in [1.29, 1.82) is 0 Å². The van der Waals surface area contributed by atoms with E-state index in [4.69, 9.17) is 11.6 Å². The number of halogens is 4. The minimum Gasteiger partial charge on any atom is -0.363 e. The predicted octanol–water partition coefficient (Wildman–Crippen LogP) is 4.39. The van der Waals surface area contributed by atoms with E-state index in [2.05, 4.69) is 0 Å². The third-order valence-corrected chi connectivity index (χ3v) is 7.47. The molecular weight excluding hydrogens is 459 g/mol. The van der Waals surface area contributed by atoms with Crippen LogP contribution in [0.5, 0.6) is 0 Å². The molecule has 0 aliphatic carbocycles. The molecule has 0 aromatic heterocycles. The van der Waals surface area contributed by atoms with Crippen LogP contribution in [0.25, 0.3) is 0 Å². The van der Waals surface area contributed by atoms with Gasteiger partial charge in [-0.1, -0.05) is 29.3 Å². The van der Waals surface area contributed by atoms with E-state index < -0.39 is 37.4 Å². The molecule has 1 aliphatic heterocycles. The number of aryl methyl sites for hydroxylation is 2. The number of benzene rings is 2. The van der Waals surface area contributed by atoms with E-state index in [1.807, 2.05) is 6.92 Å². The molecular formula is C19H19ClF3N3O4S. The van der Waals surface area contributed by atoms with Crippen LogP contribution in [0.15, 0.2) is 35.2 Å². The second kappa shape index (κ2) is 8.29. The third-order valence-electron chi connectivity index (χ3n) is 5.09. The Bertz CT molecular complexity index is 1130. The molecule has 0 unspecified atom stereocenters. The highest BCUT2D eigenvalue weighted by Crippen LogP contribution is 2.41. The Balaban J connectivity index is 1.87. The van der Waals surface area contributed by atoms with Gasteiger partial charge < -0.3 is 4.90 Å². The van der Waals surface area contributed by atoms with Gasteiger partial charge >= 0.3 is 6.18 Å². The molecule has 168 valence electrons. The monoisotopic (exact) mass is 477 g/mol. The van der Waals surface area contributed by atoms with Crippen LogP contribution in [0.1, 0.15) is 16.7 Å². The average molecular weight is 478 g/mol. The van der Waals surface area contributed by atoms with Crippen molar-refractivity contribution in [2.45, 2.75) is 24.9 Å². The van der Waals surface area contributed by atoms with E-state index in [-0.39, 0.29) is 36.8 Å². The van der Waals surface area contributed by atoms with Gasteiger partial charge in [-0.25, -0.2) is 8.42 Å². The van der Waals surface area contributed by atoms with Gasteiger partial charge in [-0.3, -0.25) is 10.1 Å². The van der Waals surface area contributed by atoms with Gasteiger partial charge in [0.15, 0.2) is 0 Å². The minimum atomic E-state index is -4.83. The number of hydrogen-bond donors (Lipinski definition) is 0. The Morgan fingerprint density at radius 2 is 1.68 bits per heavy atom. The lowest BCUT2D eigenvalue weighted by Gasteiger charge is -2.35. The third kappa shape index (κ3) is 4.63. The van der Waals surface area contributed by atoms with Crippen molar-refractivity contribution in [2.75, 3.05) is 31.1 Å². The molecule has 0 radical (unpaired) electrons. The van der Waals surface area contributed by atoms with Crippen LogP contribution in [0, 0.1) is 24.0 Å². The van der Waals surface area contributed by atoms with Crippen molar-refractivity contribution in [3.05, 3.63) is 62.2 Å². The number of rotatable bonds is 4. The summed E-state index contributed by atoms with van der Waals surface area (Å²) in [6.07, 6.45) is -4.83. The van der Waals surface area contributed by atoms with Crippen LogP contribution < -0.4 is 4.90 Å². The van der Waals surface area contributed by atoms with Crippen molar-refractivity contribution in [2.24, 2.45) is 0 Å². The van der Waals surface area contributed by atoms with Crippen LogP contribution >= 0.6 is 11.6 Å². The van der Waals surface area contributed by atoms with Crippen LogP contribution in [-0.2, 0) is 16.2 Å². The fourth-order valence-corrected chi connectivity index (χ4v) is 5.46. The summed E-state index contributed by atoms with van der Waals surface area (Å²) in [5.41, 5.74) is -0.574. The molecule has 0 N–H and O–H groups in total. The number of anilines is 1. The quantitative estimate of drug-likeness (QED) is 0.481. The maximum Gasteiger partial charge on any atom is 0.418 e. The van der Waals surface area contributed by atoms with Crippen molar-refractivity contribution >= 4 is 33.0 Å². The number of alkyl halides is 3. The molecule has 0 saturated carbocycles. The highest BCUT2D eigenvalue weighted by atomic mass is 35.5. The lowest BCUT2D eigenvalue weighted by atomic mass is 10.1. The second-order valence-electron chi connectivity index (χ2n) is 7.24. The lowest BCUT2D eigenvalue weighted by molar-refractivity contribution is -0.384. The summed E-state index contributed by atoms with van der Waals surface area (Å²) in [5.74, 6) is 0. The number of nitrogens with zero attached hydrogens (tertiary/aromatic N) is 3. The highest BCUT2D eigenvalue weighted by Gasteiger charge is 2.38. The summed E-state index contributed by atoms with van der Waals surface area (Å²) in [6, 6.07) is 6.32. The Morgan fingerprint density at radius 1 is 1.06 bits per heavy atom. The highest BCUT2D eigenvalue weighted by molar-refractivity contribution is 7.89. The van der Waals surface area contributed by atoms with E-state index in [1.54, 1.807) is 19.1 Å². The normalized spacial score (nSPS) is 15.9. The number of hydrogen-bond acceptors (Lipinski definition) is 5. The van der Waals surface area contributed by atoms with Crippen molar-refractivity contribution < 1.29 is 26.5 Å². The Labute approximate surface area is 182 Å². The van der Waals surface area contributed by atoms with Gasteiger partial charge in [-0.05, 0) is 31.5 Å². The van der Waals surface area contributed by atoms with E-state index in [9.17, 15) is 31.7 Å². The molecule has 2 aromatic rings. The summed E-state index contributed by atoms with van der Waals surface area (Å²) >= 11 is 5.75. The number of nitro groups is 1. The zero-order chi connectivity index (χ0) is 23.1. The van der Waals surface area contributed by atoms with Crippen LogP contribution in [0.3, 0.4) is 0 Å².